The Morgan fingerprint density at radius 3 is 2.80 bits per heavy atom. The number of amides is 1. The number of hydrogen-bond acceptors (Lipinski definition) is 5. The lowest BCUT2D eigenvalue weighted by molar-refractivity contribution is 0.0623. The van der Waals surface area contributed by atoms with Gasteiger partial charge in [0.2, 0.25) is 0 Å². The van der Waals surface area contributed by atoms with Crippen molar-refractivity contribution in [2.24, 2.45) is 0 Å². The molecule has 2 aromatic rings. The molecule has 0 saturated carbocycles. The first-order chi connectivity index (χ1) is 9.36. The van der Waals surface area contributed by atoms with Gasteiger partial charge in [-0.3, -0.25) is 4.79 Å². The Morgan fingerprint density at radius 2 is 2.25 bits per heavy atom. The van der Waals surface area contributed by atoms with Crippen LogP contribution in [-0.4, -0.2) is 33.1 Å². The van der Waals surface area contributed by atoms with E-state index >= 15 is 0 Å². The summed E-state index contributed by atoms with van der Waals surface area (Å²) in [4.78, 5) is 15.7. The Bertz CT molecular complexity index is 657. The number of thiophene rings is 1. The molecule has 0 radical (unpaired) electrons. The summed E-state index contributed by atoms with van der Waals surface area (Å²) in [6, 6.07) is 1.78. The zero-order chi connectivity index (χ0) is 14.9. The molecule has 0 bridgehead atoms. The molecule has 0 aromatic carbocycles. The van der Waals surface area contributed by atoms with Crippen LogP contribution in [0.15, 0.2) is 24.9 Å². The molecule has 2 N–H and O–H groups in total. The predicted molar refractivity (Wildman–Crippen MR) is 82.8 cm³/mol. The van der Waals surface area contributed by atoms with Crippen LogP contribution in [0.3, 0.4) is 0 Å². The molecular weight excluding hydrogens is 272 g/mol. The van der Waals surface area contributed by atoms with Gasteiger partial charge in [-0.2, -0.15) is 5.10 Å². The minimum Gasteiger partial charge on any atom is -0.397 e. The smallest absolute Gasteiger partial charge is 0.266 e. The number of aromatic nitrogens is 2. The molecule has 1 amide bonds. The lowest BCUT2D eigenvalue weighted by Crippen LogP contribution is -2.45. The first-order valence-electron chi connectivity index (χ1n) is 6.28. The van der Waals surface area contributed by atoms with E-state index in [2.05, 4.69) is 16.8 Å². The van der Waals surface area contributed by atoms with Crippen molar-refractivity contribution in [3.05, 3.63) is 29.8 Å². The predicted octanol–water partition coefficient (Wildman–Crippen LogP) is 2.70. The average molecular weight is 290 g/mol. The number of fused-ring (bicyclic) bond motifs is 1. The average Bonchev–Trinajstić information content (AvgIpc) is 2.72. The minimum atomic E-state index is -0.306. The van der Waals surface area contributed by atoms with E-state index in [1.165, 1.54) is 11.3 Å². The molecule has 106 valence electrons. The van der Waals surface area contributed by atoms with Crippen molar-refractivity contribution in [2.45, 2.75) is 26.3 Å². The van der Waals surface area contributed by atoms with Crippen molar-refractivity contribution < 1.29 is 4.79 Å². The lowest BCUT2D eigenvalue weighted by Gasteiger charge is -2.34. The summed E-state index contributed by atoms with van der Waals surface area (Å²) in [6.07, 6.45) is 3.29. The second-order valence-corrected chi connectivity index (χ2v) is 6.47. The van der Waals surface area contributed by atoms with Crippen LogP contribution in [0.1, 0.15) is 30.4 Å². The SMILES string of the molecule is C=CCN(C(=O)c1sc2nnccc2c1N)C(C)(C)C. The molecule has 0 aliphatic carbocycles. The van der Waals surface area contributed by atoms with E-state index in [-0.39, 0.29) is 11.4 Å². The topological polar surface area (TPSA) is 72.1 Å². The quantitative estimate of drug-likeness (QED) is 0.882. The first-order valence-corrected chi connectivity index (χ1v) is 7.10. The van der Waals surface area contributed by atoms with Crippen LogP contribution in [0.5, 0.6) is 0 Å². The Hall–Kier alpha value is -1.95. The Morgan fingerprint density at radius 1 is 1.55 bits per heavy atom. The van der Waals surface area contributed by atoms with Crippen LogP contribution >= 0.6 is 11.3 Å². The standard InChI is InChI=1S/C14H18N4OS/c1-5-8-18(14(2,3)4)13(19)11-10(15)9-6-7-16-17-12(9)20-11/h5-7H,1,8,15H2,2-4H3. The number of anilines is 1. The second kappa shape index (κ2) is 5.20. The van der Waals surface area contributed by atoms with Gasteiger partial charge in [0, 0.05) is 17.5 Å². The van der Waals surface area contributed by atoms with Crippen molar-refractivity contribution in [3.8, 4) is 0 Å². The summed E-state index contributed by atoms with van der Waals surface area (Å²) < 4.78 is 0. The molecule has 0 fully saturated rings. The van der Waals surface area contributed by atoms with Crippen molar-refractivity contribution in [2.75, 3.05) is 12.3 Å². The highest BCUT2D eigenvalue weighted by atomic mass is 32.1. The molecule has 2 aromatic heterocycles. The number of nitrogen functional groups attached to an aromatic ring is 1. The Balaban J connectivity index is 2.49. The van der Waals surface area contributed by atoms with E-state index in [9.17, 15) is 4.79 Å². The fraction of sp³-hybridized carbons (Fsp3) is 0.357. The van der Waals surface area contributed by atoms with Gasteiger partial charge in [-0.25, -0.2) is 0 Å². The maximum atomic E-state index is 12.7. The number of carbonyl (C=O) groups excluding carboxylic acids is 1. The molecule has 0 saturated heterocycles. The van der Waals surface area contributed by atoms with Crippen molar-refractivity contribution in [1.82, 2.24) is 15.1 Å². The van der Waals surface area contributed by atoms with Gasteiger partial charge in [-0.05, 0) is 26.8 Å². The molecule has 5 nitrogen and oxygen atoms in total. The van der Waals surface area contributed by atoms with Gasteiger partial charge in [0.1, 0.15) is 9.71 Å². The third-order valence-corrected chi connectivity index (χ3v) is 4.07. The maximum absolute atomic E-state index is 12.7. The maximum Gasteiger partial charge on any atom is 0.266 e. The molecule has 20 heavy (non-hydrogen) atoms. The van der Waals surface area contributed by atoms with Gasteiger partial charge in [0.25, 0.3) is 5.91 Å². The zero-order valence-electron chi connectivity index (χ0n) is 11.9. The molecule has 0 aliphatic heterocycles. The van der Waals surface area contributed by atoms with E-state index in [1.54, 1.807) is 23.2 Å². The normalized spacial score (nSPS) is 11.6. The van der Waals surface area contributed by atoms with E-state index in [0.717, 1.165) is 5.39 Å². The second-order valence-electron chi connectivity index (χ2n) is 5.47. The van der Waals surface area contributed by atoms with Gasteiger partial charge in [-0.15, -0.1) is 23.0 Å². The molecule has 0 unspecified atom stereocenters. The summed E-state index contributed by atoms with van der Waals surface area (Å²) in [7, 11) is 0. The third-order valence-electron chi connectivity index (χ3n) is 2.98. The van der Waals surface area contributed by atoms with Gasteiger partial charge >= 0.3 is 0 Å². The Kier molecular flexibility index (Phi) is 3.76. The third kappa shape index (κ3) is 2.51. The Labute approximate surface area is 122 Å². The van der Waals surface area contributed by atoms with Crippen LogP contribution < -0.4 is 5.73 Å². The van der Waals surface area contributed by atoms with Gasteiger partial charge in [-0.1, -0.05) is 6.08 Å². The largest absolute Gasteiger partial charge is 0.397 e. The van der Waals surface area contributed by atoms with Crippen molar-refractivity contribution in [1.29, 1.82) is 0 Å². The van der Waals surface area contributed by atoms with Gasteiger partial charge < -0.3 is 10.6 Å². The first kappa shape index (κ1) is 14.5. The van der Waals surface area contributed by atoms with E-state index in [1.807, 2.05) is 20.8 Å². The molecule has 0 aliphatic rings. The lowest BCUT2D eigenvalue weighted by atomic mass is 10.1. The number of nitrogens with zero attached hydrogens (tertiary/aromatic N) is 3. The van der Waals surface area contributed by atoms with Crippen LogP contribution in [0.2, 0.25) is 0 Å². The summed E-state index contributed by atoms with van der Waals surface area (Å²) in [5.74, 6) is -0.0992. The number of hydrogen-bond donors (Lipinski definition) is 1. The monoisotopic (exact) mass is 290 g/mol. The fourth-order valence-electron chi connectivity index (χ4n) is 1.95. The molecule has 2 rings (SSSR count). The summed E-state index contributed by atoms with van der Waals surface area (Å²) in [5.41, 5.74) is 6.26. The molecule has 2 heterocycles. The van der Waals surface area contributed by atoms with Crippen LogP contribution in [0.25, 0.3) is 10.2 Å². The van der Waals surface area contributed by atoms with Crippen LogP contribution in [-0.2, 0) is 0 Å². The van der Waals surface area contributed by atoms with Gasteiger partial charge in [0.15, 0.2) is 0 Å². The minimum absolute atomic E-state index is 0.0992. The number of carbonyl (C=O) groups is 1. The van der Waals surface area contributed by atoms with Crippen LogP contribution in [0, 0.1) is 0 Å². The van der Waals surface area contributed by atoms with E-state index in [4.69, 9.17) is 5.73 Å². The van der Waals surface area contributed by atoms with Crippen LogP contribution in [0.4, 0.5) is 5.69 Å². The molecule has 6 heteroatoms. The molecule has 0 atom stereocenters. The van der Waals surface area contributed by atoms with E-state index in [0.29, 0.717) is 21.9 Å². The van der Waals surface area contributed by atoms with E-state index < -0.39 is 0 Å². The summed E-state index contributed by atoms with van der Waals surface area (Å²) >= 11 is 1.28. The highest BCUT2D eigenvalue weighted by Crippen LogP contribution is 2.33. The fourth-order valence-corrected chi connectivity index (χ4v) is 2.93. The van der Waals surface area contributed by atoms with Crippen molar-refractivity contribution in [3.63, 3.8) is 0 Å². The number of rotatable bonds is 3. The van der Waals surface area contributed by atoms with Gasteiger partial charge in [0.05, 0.1) is 11.9 Å². The summed E-state index contributed by atoms with van der Waals surface area (Å²) in [5, 5.41) is 8.61. The molecule has 0 spiro atoms. The highest BCUT2D eigenvalue weighted by Gasteiger charge is 2.29. The zero-order valence-corrected chi connectivity index (χ0v) is 12.7. The summed E-state index contributed by atoms with van der Waals surface area (Å²) in [6.45, 7) is 10.1. The molecular formula is C14H18N4OS. The number of nitrogens with two attached hydrogens (primary N) is 1. The van der Waals surface area contributed by atoms with Crippen molar-refractivity contribution >= 4 is 33.1 Å². The highest BCUT2D eigenvalue weighted by molar-refractivity contribution is 7.21.